The zero-order chi connectivity index (χ0) is 21.4. The molecule has 0 aliphatic carbocycles. The lowest BCUT2D eigenvalue weighted by Gasteiger charge is -2.10. The first kappa shape index (κ1) is 20.7. The van der Waals surface area contributed by atoms with Crippen LogP contribution in [0.2, 0.25) is 10.0 Å². The summed E-state index contributed by atoms with van der Waals surface area (Å²) in [5.41, 5.74) is 1.82. The molecule has 1 aliphatic rings. The Labute approximate surface area is 191 Å². The van der Waals surface area contributed by atoms with Crippen LogP contribution in [0.5, 0.6) is 11.5 Å². The fourth-order valence-electron chi connectivity index (χ4n) is 3.00. The summed E-state index contributed by atoms with van der Waals surface area (Å²) in [6, 6.07) is 15.0. The topological polar surface area (TPSA) is 52.6 Å². The Kier molecular flexibility index (Phi) is 5.69. The van der Waals surface area contributed by atoms with E-state index in [-0.39, 0.29) is 11.5 Å². The molecule has 0 atom stereocenters. The number of carbonyl (C=O) groups excluding carboxylic acids is 2. The first-order valence-electron chi connectivity index (χ1n) is 8.85. The van der Waals surface area contributed by atoms with Crippen LogP contribution in [0.25, 0.3) is 6.08 Å². The fraction of sp³-hybridized carbons (Fsp3) is 0.0435. The van der Waals surface area contributed by atoms with E-state index in [0.29, 0.717) is 43.8 Å². The summed E-state index contributed by atoms with van der Waals surface area (Å²) in [5, 5.41) is 0.811. The van der Waals surface area contributed by atoms with Gasteiger partial charge in [0, 0.05) is 25.6 Å². The van der Waals surface area contributed by atoms with Crippen molar-refractivity contribution in [3.63, 3.8) is 0 Å². The van der Waals surface area contributed by atoms with Crippen molar-refractivity contribution < 1.29 is 19.1 Å². The second kappa shape index (κ2) is 8.26. The SMILES string of the molecule is Cc1c(OC(=O)c2ccc(Br)cc2)ccc2c1O/C(=C\c1c(Cl)cccc1Cl)C2=O. The lowest BCUT2D eigenvalue weighted by molar-refractivity contribution is 0.0733. The van der Waals surface area contributed by atoms with Gasteiger partial charge in [-0.1, -0.05) is 45.2 Å². The molecule has 0 radical (unpaired) electrons. The number of rotatable bonds is 3. The summed E-state index contributed by atoms with van der Waals surface area (Å²) < 4.78 is 12.2. The molecule has 0 saturated carbocycles. The van der Waals surface area contributed by atoms with Gasteiger partial charge in [-0.15, -0.1) is 0 Å². The van der Waals surface area contributed by atoms with Crippen LogP contribution in [0, 0.1) is 6.92 Å². The largest absolute Gasteiger partial charge is 0.452 e. The van der Waals surface area contributed by atoms with Crippen molar-refractivity contribution >= 4 is 57.0 Å². The van der Waals surface area contributed by atoms with Crippen molar-refractivity contribution in [3.8, 4) is 11.5 Å². The highest BCUT2D eigenvalue weighted by atomic mass is 79.9. The monoisotopic (exact) mass is 502 g/mol. The van der Waals surface area contributed by atoms with Crippen LogP contribution in [0.3, 0.4) is 0 Å². The normalized spacial score (nSPS) is 13.9. The third-order valence-corrected chi connectivity index (χ3v) is 5.78. The molecular weight excluding hydrogens is 491 g/mol. The number of fused-ring (bicyclic) bond motifs is 1. The van der Waals surface area contributed by atoms with E-state index in [2.05, 4.69) is 15.9 Å². The van der Waals surface area contributed by atoms with E-state index in [1.807, 2.05) is 0 Å². The number of benzene rings is 3. The third-order valence-electron chi connectivity index (χ3n) is 4.59. The summed E-state index contributed by atoms with van der Waals surface area (Å²) >= 11 is 15.7. The summed E-state index contributed by atoms with van der Waals surface area (Å²) in [7, 11) is 0. The summed E-state index contributed by atoms with van der Waals surface area (Å²) in [6.45, 7) is 1.72. The second-order valence-electron chi connectivity index (χ2n) is 6.54. The summed E-state index contributed by atoms with van der Waals surface area (Å²) in [4.78, 5) is 25.2. The smallest absolute Gasteiger partial charge is 0.343 e. The molecule has 1 aliphatic heterocycles. The molecule has 0 aromatic heterocycles. The van der Waals surface area contributed by atoms with Gasteiger partial charge in [0.15, 0.2) is 5.76 Å². The maximum atomic E-state index is 12.8. The zero-order valence-corrected chi connectivity index (χ0v) is 18.6. The van der Waals surface area contributed by atoms with E-state index < -0.39 is 5.97 Å². The predicted octanol–water partition coefficient (Wildman–Crippen LogP) is 6.90. The number of allylic oxidation sites excluding steroid dienone is 1. The van der Waals surface area contributed by atoms with Gasteiger partial charge in [0.25, 0.3) is 0 Å². The lowest BCUT2D eigenvalue weighted by Crippen LogP contribution is -2.09. The number of ether oxygens (including phenoxy) is 2. The minimum atomic E-state index is -0.506. The minimum Gasteiger partial charge on any atom is -0.452 e. The highest BCUT2D eigenvalue weighted by Crippen LogP contribution is 2.40. The van der Waals surface area contributed by atoms with Gasteiger partial charge in [0.1, 0.15) is 11.5 Å². The molecule has 0 amide bonds. The molecule has 7 heteroatoms. The molecule has 0 saturated heterocycles. The molecule has 0 bridgehead atoms. The number of esters is 1. The number of hydrogen-bond donors (Lipinski definition) is 0. The number of halogens is 3. The van der Waals surface area contributed by atoms with E-state index >= 15 is 0 Å². The highest BCUT2D eigenvalue weighted by Gasteiger charge is 2.31. The van der Waals surface area contributed by atoms with E-state index in [0.717, 1.165) is 4.47 Å². The number of Topliss-reactive ketones (excluding diaryl/α,β-unsaturated/α-hetero) is 1. The van der Waals surface area contributed by atoms with E-state index in [1.54, 1.807) is 61.5 Å². The van der Waals surface area contributed by atoms with Crippen LogP contribution in [-0.4, -0.2) is 11.8 Å². The fourth-order valence-corrected chi connectivity index (χ4v) is 3.77. The van der Waals surface area contributed by atoms with Gasteiger partial charge in [0.05, 0.1) is 11.1 Å². The summed E-state index contributed by atoms with van der Waals surface area (Å²) in [6.07, 6.45) is 1.51. The zero-order valence-electron chi connectivity index (χ0n) is 15.5. The first-order chi connectivity index (χ1) is 14.3. The molecule has 3 aromatic rings. The molecule has 150 valence electrons. The molecule has 30 heavy (non-hydrogen) atoms. The van der Waals surface area contributed by atoms with E-state index in [1.165, 1.54) is 6.08 Å². The van der Waals surface area contributed by atoms with Crippen LogP contribution in [0.1, 0.15) is 31.8 Å². The van der Waals surface area contributed by atoms with Crippen LogP contribution in [0.4, 0.5) is 0 Å². The Morgan fingerprint density at radius 1 is 1.03 bits per heavy atom. The molecule has 0 N–H and O–H groups in total. The Bertz CT molecular complexity index is 1200. The van der Waals surface area contributed by atoms with Crippen LogP contribution in [-0.2, 0) is 0 Å². The lowest BCUT2D eigenvalue weighted by atomic mass is 10.1. The molecule has 0 unspecified atom stereocenters. The summed E-state index contributed by atoms with van der Waals surface area (Å²) in [5.74, 6) is -0.0510. The average molecular weight is 504 g/mol. The predicted molar refractivity (Wildman–Crippen MR) is 120 cm³/mol. The van der Waals surface area contributed by atoms with Crippen molar-refractivity contribution in [1.82, 2.24) is 0 Å². The molecule has 0 spiro atoms. The number of ketones is 1. The third kappa shape index (κ3) is 3.88. The van der Waals surface area contributed by atoms with Gasteiger partial charge in [0.2, 0.25) is 5.78 Å². The van der Waals surface area contributed by atoms with Crippen molar-refractivity contribution in [2.45, 2.75) is 6.92 Å². The Balaban J connectivity index is 1.64. The molecule has 4 nitrogen and oxygen atoms in total. The van der Waals surface area contributed by atoms with E-state index in [9.17, 15) is 9.59 Å². The average Bonchev–Trinajstić information content (AvgIpc) is 3.04. The Hall–Kier alpha value is -2.60. The Morgan fingerprint density at radius 3 is 2.37 bits per heavy atom. The molecular formula is C23H13BrCl2O4. The molecule has 0 fully saturated rings. The first-order valence-corrected chi connectivity index (χ1v) is 10.4. The van der Waals surface area contributed by atoms with Crippen molar-refractivity contribution in [2.24, 2.45) is 0 Å². The van der Waals surface area contributed by atoms with Gasteiger partial charge in [-0.05, 0) is 61.5 Å². The van der Waals surface area contributed by atoms with Crippen LogP contribution < -0.4 is 9.47 Å². The molecule has 4 rings (SSSR count). The number of carbonyl (C=O) groups is 2. The van der Waals surface area contributed by atoms with Crippen LogP contribution >= 0.6 is 39.1 Å². The maximum absolute atomic E-state index is 12.8. The molecule has 3 aromatic carbocycles. The Morgan fingerprint density at radius 2 is 1.70 bits per heavy atom. The van der Waals surface area contributed by atoms with E-state index in [4.69, 9.17) is 32.7 Å². The molecule has 1 heterocycles. The van der Waals surface area contributed by atoms with Crippen molar-refractivity contribution in [3.05, 3.63) is 97.1 Å². The van der Waals surface area contributed by atoms with Gasteiger partial charge >= 0.3 is 5.97 Å². The van der Waals surface area contributed by atoms with Gasteiger partial charge in [-0.3, -0.25) is 4.79 Å². The van der Waals surface area contributed by atoms with Crippen LogP contribution in [0.15, 0.2) is 64.8 Å². The standard InChI is InChI=1S/C23H13BrCl2O4/c1-12-19(30-23(28)13-5-7-14(24)8-6-13)10-9-15-21(27)20(29-22(12)15)11-16-17(25)3-2-4-18(16)26/h2-11H,1H3/b20-11-. The number of hydrogen-bond acceptors (Lipinski definition) is 4. The quantitative estimate of drug-likeness (QED) is 0.221. The van der Waals surface area contributed by atoms with Gasteiger partial charge in [-0.2, -0.15) is 0 Å². The maximum Gasteiger partial charge on any atom is 0.343 e. The second-order valence-corrected chi connectivity index (χ2v) is 8.27. The van der Waals surface area contributed by atoms with Gasteiger partial charge in [-0.25, -0.2) is 4.79 Å². The highest BCUT2D eigenvalue weighted by molar-refractivity contribution is 9.10. The van der Waals surface area contributed by atoms with Gasteiger partial charge < -0.3 is 9.47 Å². The van der Waals surface area contributed by atoms with Crippen molar-refractivity contribution in [2.75, 3.05) is 0 Å². The van der Waals surface area contributed by atoms with Crippen molar-refractivity contribution in [1.29, 1.82) is 0 Å². The minimum absolute atomic E-state index is 0.0967.